The summed E-state index contributed by atoms with van der Waals surface area (Å²) in [5.41, 5.74) is 5.81. The molecule has 0 aliphatic rings. The first-order valence-electron chi connectivity index (χ1n) is 10.9. The second kappa shape index (κ2) is 10.0. The maximum absolute atomic E-state index is 12.9. The fourth-order valence-electron chi connectivity index (χ4n) is 3.50. The molecule has 10 heteroatoms. The molecule has 4 aromatic rings. The van der Waals surface area contributed by atoms with E-state index in [1.54, 1.807) is 49.4 Å². The van der Waals surface area contributed by atoms with Gasteiger partial charge in [-0.1, -0.05) is 31.2 Å². The molecule has 0 spiro atoms. The molecule has 35 heavy (non-hydrogen) atoms. The van der Waals surface area contributed by atoms with Crippen LogP contribution < -0.4 is 21.7 Å². The Bertz CT molecular complexity index is 1470. The van der Waals surface area contributed by atoms with Crippen LogP contribution in [-0.2, 0) is 6.54 Å². The number of furan rings is 1. The van der Waals surface area contributed by atoms with E-state index < -0.39 is 17.7 Å². The third-order valence-corrected chi connectivity index (χ3v) is 5.30. The predicted octanol–water partition coefficient (Wildman–Crippen LogP) is 3.04. The van der Waals surface area contributed by atoms with Crippen LogP contribution in [0.4, 0.5) is 5.69 Å². The van der Waals surface area contributed by atoms with Crippen molar-refractivity contribution >= 4 is 34.2 Å². The van der Waals surface area contributed by atoms with Crippen molar-refractivity contribution in [2.75, 3.05) is 5.32 Å². The van der Waals surface area contributed by atoms with Crippen LogP contribution in [0.1, 0.15) is 50.3 Å². The number of hydrogen-bond acceptors (Lipinski definition) is 6. The number of hydrogen-bond donors (Lipinski definition) is 3. The molecule has 0 atom stereocenters. The molecule has 4 rings (SSSR count). The average Bonchev–Trinajstić information content (AvgIpc) is 3.41. The van der Waals surface area contributed by atoms with Gasteiger partial charge in [0.15, 0.2) is 11.5 Å². The number of carbonyl (C=O) groups is 3. The van der Waals surface area contributed by atoms with Crippen molar-refractivity contribution in [2.24, 2.45) is 0 Å². The highest BCUT2D eigenvalue weighted by atomic mass is 16.3. The summed E-state index contributed by atoms with van der Waals surface area (Å²) in [5, 5.41) is 7.66. The van der Waals surface area contributed by atoms with E-state index in [-0.39, 0.29) is 22.6 Å². The van der Waals surface area contributed by atoms with E-state index in [0.717, 1.165) is 5.56 Å². The summed E-state index contributed by atoms with van der Waals surface area (Å²) in [6.45, 7) is 4.03. The Labute approximate surface area is 199 Å². The Kier molecular flexibility index (Phi) is 6.72. The molecule has 10 nitrogen and oxygen atoms in total. The molecule has 0 saturated heterocycles. The number of fused-ring (bicyclic) bond motifs is 1. The minimum atomic E-state index is -0.669. The quantitative estimate of drug-likeness (QED) is 0.369. The lowest BCUT2D eigenvalue weighted by Crippen LogP contribution is -2.42. The molecule has 2 aromatic heterocycles. The molecule has 2 aromatic carbocycles. The van der Waals surface area contributed by atoms with Gasteiger partial charge in [-0.05, 0) is 49.2 Å². The first-order valence-corrected chi connectivity index (χ1v) is 10.9. The maximum Gasteiger partial charge on any atom is 0.291 e. The molecule has 3 N–H and O–H groups in total. The third-order valence-electron chi connectivity index (χ3n) is 5.30. The van der Waals surface area contributed by atoms with Crippen molar-refractivity contribution in [1.82, 2.24) is 20.6 Å². The van der Waals surface area contributed by atoms with Crippen LogP contribution in [0.5, 0.6) is 0 Å². The van der Waals surface area contributed by atoms with E-state index in [9.17, 15) is 19.2 Å². The average molecular weight is 473 g/mol. The number of amides is 3. The second-order valence-corrected chi connectivity index (χ2v) is 7.79. The van der Waals surface area contributed by atoms with Gasteiger partial charge in [-0.25, -0.2) is 4.68 Å². The minimum absolute atomic E-state index is 0.0178. The van der Waals surface area contributed by atoms with Crippen LogP contribution in [0.3, 0.4) is 0 Å². The molecular formula is C25H23N5O5. The van der Waals surface area contributed by atoms with Crippen molar-refractivity contribution < 1.29 is 18.8 Å². The van der Waals surface area contributed by atoms with Crippen molar-refractivity contribution in [3.05, 3.63) is 93.8 Å². The van der Waals surface area contributed by atoms with Gasteiger partial charge in [-0.15, -0.1) is 0 Å². The van der Waals surface area contributed by atoms with Crippen LogP contribution in [0, 0.1) is 6.92 Å². The molecular weight excluding hydrogens is 450 g/mol. The summed E-state index contributed by atoms with van der Waals surface area (Å²) in [4.78, 5) is 50.5. The van der Waals surface area contributed by atoms with Gasteiger partial charge in [0, 0.05) is 23.2 Å². The fraction of sp³-hybridized carbons (Fsp3) is 0.160. The number of benzene rings is 2. The number of carbonyl (C=O) groups excluding carboxylic acids is 3. The van der Waals surface area contributed by atoms with E-state index in [1.165, 1.54) is 23.1 Å². The van der Waals surface area contributed by atoms with Crippen LogP contribution in [0.25, 0.3) is 10.8 Å². The topological polar surface area (TPSA) is 135 Å². The zero-order chi connectivity index (χ0) is 24.9. The zero-order valence-electron chi connectivity index (χ0n) is 19.1. The Morgan fingerprint density at radius 1 is 0.943 bits per heavy atom. The van der Waals surface area contributed by atoms with Gasteiger partial charge in [0.25, 0.3) is 23.3 Å². The Morgan fingerprint density at radius 2 is 1.69 bits per heavy atom. The summed E-state index contributed by atoms with van der Waals surface area (Å²) in [6.07, 6.45) is 2.05. The van der Waals surface area contributed by atoms with E-state index >= 15 is 0 Å². The normalized spacial score (nSPS) is 10.7. The smallest absolute Gasteiger partial charge is 0.291 e. The lowest BCUT2D eigenvalue weighted by Gasteiger charge is -2.12. The lowest BCUT2D eigenvalue weighted by atomic mass is 10.1. The molecule has 178 valence electrons. The van der Waals surface area contributed by atoms with Crippen molar-refractivity contribution in [3.8, 4) is 0 Å². The van der Waals surface area contributed by atoms with E-state index in [4.69, 9.17) is 4.42 Å². The Morgan fingerprint density at radius 3 is 2.40 bits per heavy atom. The van der Waals surface area contributed by atoms with E-state index in [1.807, 2.05) is 6.92 Å². The van der Waals surface area contributed by atoms with E-state index in [2.05, 4.69) is 21.3 Å². The van der Waals surface area contributed by atoms with Crippen LogP contribution >= 0.6 is 0 Å². The highest BCUT2D eigenvalue weighted by Crippen LogP contribution is 2.18. The second-order valence-electron chi connectivity index (χ2n) is 7.79. The minimum Gasteiger partial charge on any atom is -0.459 e. The summed E-state index contributed by atoms with van der Waals surface area (Å²) in [7, 11) is 0. The van der Waals surface area contributed by atoms with Gasteiger partial charge >= 0.3 is 0 Å². The molecule has 0 aliphatic carbocycles. The fourth-order valence-corrected chi connectivity index (χ4v) is 3.50. The standard InChI is InChI=1S/C25H23N5O5/c1-3-12-30-25(34)18-8-5-4-7-17(18)21(29-30)24(33)28-27-22(31)16-11-10-15(2)19(14-16)26-23(32)20-9-6-13-35-20/h4-11,13-14H,3,12H2,1-2H3,(H,26,32)(H,27,31)(H,28,33). The number of hydrazine groups is 1. The number of rotatable bonds is 6. The summed E-state index contributed by atoms with van der Waals surface area (Å²) < 4.78 is 6.33. The molecule has 2 heterocycles. The zero-order valence-corrected chi connectivity index (χ0v) is 19.1. The molecule has 0 radical (unpaired) electrons. The Hall–Kier alpha value is -4.73. The van der Waals surface area contributed by atoms with Crippen molar-refractivity contribution in [1.29, 1.82) is 0 Å². The van der Waals surface area contributed by atoms with Crippen LogP contribution in [0.15, 0.2) is 70.1 Å². The molecule has 0 unspecified atom stereocenters. The number of anilines is 1. The first-order chi connectivity index (χ1) is 16.9. The maximum atomic E-state index is 12.9. The SMILES string of the molecule is CCCn1nc(C(=O)NNC(=O)c2ccc(C)c(NC(=O)c3ccco3)c2)c2ccccc2c1=O. The van der Waals surface area contributed by atoms with Crippen molar-refractivity contribution in [3.63, 3.8) is 0 Å². The van der Waals surface area contributed by atoms with E-state index in [0.29, 0.717) is 29.4 Å². The van der Waals surface area contributed by atoms with Crippen LogP contribution in [-0.4, -0.2) is 27.5 Å². The molecule has 0 fully saturated rings. The number of aryl methyl sites for hydroxylation is 2. The first kappa shape index (κ1) is 23.4. The number of nitrogens with zero attached hydrogens (tertiary/aromatic N) is 2. The molecule has 0 bridgehead atoms. The van der Waals surface area contributed by atoms with Crippen molar-refractivity contribution in [2.45, 2.75) is 26.8 Å². The largest absolute Gasteiger partial charge is 0.459 e. The van der Waals surface area contributed by atoms with Gasteiger partial charge in [0.05, 0.1) is 11.6 Å². The molecule has 0 aliphatic heterocycles. The predicted molar refractivity (Wildman–Crippen MR) is 129 cm³/mol. The highest BCUT2D eigenvalue weighted by Gasteiger charge is 2.18. The summed E-state index contributed by atoms with van der Waals surface area (Å²) >= 11 is 0. The van der Waals surface area contributed by atoms with Gasteiger partial charge in [0.1, 0.15) is 0 Å². The number of nitrogens with one attached hydrogen (secondary N) is 3. The van der Waals surface area contributed by atoms with Gasteiger partial charge in [0.2, 0.25) is 0 Å². The molecule has 3 amide bonds. The monoisotopic (exact) mass is 473 g/mol. The van der Waals surface area contributed by atoms with Gasteiger partial charge in [-0.2, -0.15) is 5.10 Å². The summed E-state index contributed by atoms with van der Waals surface area (Å²) in [5.74, 6) is -1.59. The molecule has 0 saturated carbocycles. The van der Waals surface area contributed by atoms with Gasteiger partial charge < -0.3 is 9.73 Å². The van der Waals surface area contributed by atoms with Crippen LogP contribution in [0.2, 0.25) is 0 Å². The lowest BCUT2D eigenvalue weighted by molar-refractivity contribution is 0.0843. The highest BCUT2D eigenvalue weighted by molar-refractivity contribution is 6.06. The third kappa shape index (κ3) is 4.96. The summed E-state index contributed by atoms with van der Waals surface area (Å²) in [6, 6.07) is 14.5. The van der Waals surface area contributed by atoms with Gasteiger partial charge in [-0.3, -0.25) is 30.0 Å². The number of aromatic nitrogens is 2. The Balaban J connectivity index is 1.52.